The van der Waals surface area contributed by atoms with Crippen molar-refractivity contribution >= 4 is 17.5 Å². The minimum Gasteiger partial charge on any atom is -0.369 e. The molecule has 6 heteroatoms. The third kappa shape index (κ3) is 4.91. The summed E-state index contributed by atoms with van der Waals surface area (Å²) < 4.78 is 19.8. The summed E-state index contributed by atoms with van der Waals surface area (Å²) in [6, 6.07) is 26.0. The fourth-order valence-electron chi connectivity index (χ4n) is 3.13. The standard InChI is InChI=1S/C24H21FN4O/c25-22-15-17(12-14-21(22)18-7-3-1-4-8-18)11-13-20-16-23(29-30-20)28-24(26)27-19-9-5-2-6-10-19/h1-10,12,14-16H,11,13H2,(H3,26,27,28,29). The average Bonchev–Trinajstić information content (AvgIpc) is 3.21. The topological polar surface area (TPSA) is 76.4 Å². The van der Waals surface area contributed by atoms with Crippen LogP contribution in [0.5, 0.6) is 0 Å². The van der Waals surface area contributed by atoms with Gasteiger partial charge in [0.05, 0.1) is 0 Å². The average molecular weight is 400 g/mol. The Morgan fingerprint density at radius 2 is 1.67 bits per heavy atom. The van der Waals surface area contributed by atoms with E-state index in [1.54, 1.807) is 12.1 Å². The van der Waals surface area contributed by atoms with E-state index in [0.29, 0.717) is 30.0 Å². The van der Waals surface area contributed by atoms with Gasteiger partial charge >= 0.3 is 0 Å². The molecule has 0 fully saturated rings. The highest BCUT2D eigenvalue weighted by atomic mass is 19.1. The fourth-order valence-corrected chi connectivity index (χ4v) is 3.13. The Labute approximate surface area is 174 Å². The molecular formula is C24H21FN4O. The van der Waals surface area contributed by atoms with Crippen molar-refractivity contribution in [3.8, 4) is 11.1 Å². The van der Waals surface area contributed by atoms with Crippen molar-refractivity contribution in [2.24, 2.45) is 10.7 Å². The number of aromatic nitrogens is 1. The molecule has 0 saturated carbocycles. The molecule has 0 atom stereocenters. The van der Waals surface area contributed by atoms with Gasteiger partial charge in [0.15, 0.2) is 11.8 Å². The van der Waals surface area contributed by atoms with Crippen molar-refractivity contribution < 1.29 is 8.91 Å². The minimum atomic E-state index is -0.235. The maximum atomic E-state index is 14.5. The Hall–Kier alpha value is -3.93. The number of nitrogens with zero attached hydrogens (tertiary/aromatic N) is 2. The summed E-state index contributed by atoms with van der Waals surface area (Å²) >= 11 is 0. The normalized spacial score (nSPS) is 11.4. The maximum absolute atomic E-state index is 14.5. The molecule has 4 aromatic rings. The quantitative estimate of drug-likeness (QED) is 0.339. The van der Waals surface area contributed by atoms with E-state index < -0.39 is 0 Å². The molecule has 0 spiro atoms. The lowest BCUT2D eigenvalue weighted by Crippen LogP contribution is -2.21. The summed E-state index contributed by atoms with van der Waals surface area (Å²) in [5, 5.41) is 6.91. The molecule has 0 radical (unpaired) electrons. The number of halogens is 1. The van der Waals surface area contributed by atoms with Gasteiger partial charge in [0, 0.05) is 23.7 Å². The van der Waals surface area contributed by atoms with E-state index in [1.807, 2.05) is 72.8 Å². The highest BCUT2D eigenvalue weighted by Crippen LogP contribution is 2.24. The van der Waals surface area contributed by atoms with Crippen LogP contribution >= 0.6 is 0 Å². The van der Waals surface area contributed by atoms with Crippen LogP contribution in [0, 0.1) is 5.82 Å². The van der Waals surface area contributed by atoms with E-state index in [2.05, 4.69) is 15.5 Å². The van der Waals surface area contributed by atoms with Gasteiger partial charge < -0.3 is 15.6 Å². The van der Waals surface area contributed by atoms with E-state index in [9.17, 15) is 4.39 Å². The molecule has 1 heterocycles. The molecule has 150 valence electrons. The number of nitrogens with one attached hydrogen (secondary N) is 1. The fraction of sp³-hybridized carbons (Fsp3) is 0.0833. The number of nitrogens with two attached hydrogens (primary N) is 1. The van der Waals surface area contributed by atoms with Crippen LogP contribution in [0.25, 0.3) is 11.1 Å². The molecule has 0 saturated heterocycles. The molecule has 0 aliphatic heterocycles. The summed E-state index contributed by atoms with van der Waals surface area (Å²) in [5.41, 5.74) is 9.09. The number of hydrogen-bond acceptors (Lipinski definition) is 3. The summed E-state index contributed by atoms with van der Waals surface area (Å²) in [6.07, 6.45) is 1.21. The van der Waals surface area contributed by atoms with Crippen LogP contribution in [0.2, 0.25) is 0 Å². The first-order valence-electron chi connectivity index (χ1n) is 9.63. The molecule has 0 bridgehead atoms. The highest BCUT2D eigenvalue weighted by molar-refractivity contribution is 5.93. The number of aryl methyl sites for hydroxylation is 2. The molecule has 0 aliphatic rings. The van der Waals surface area contributed by atoms with E-state index in [1.165, 1.54) is 0 Å². The van der Waals surface area contributed by atoms with Crippen LogP contribution in [0.15, 0.2) is 94.4 Å². The monoisotopic (exact) mass is 400 g/mol. The predicted molar refractivity (Wildman–Crippen MR) is 117 cm³/mol. The maximum Gasteiger partial charge on any atom is 0.199 e. The van der Waals surface area contributed by atoms with Crippen molar-refractivity contribution in [3.05, 3.63) is 102 Å². The molecule has 3 N–H and O–H groups in total. The third-order valence-electron chi connectivity index (χ3n) is 4.61. The van der Waals surface area contributed by atoms with Crippen molar-refractivity contribution in [1.82, 2.24) is 5.16 Å². The molecule has 1 aromatic heterocycles. The van der Waals surface area contributed by atoms with Crippen molar-refractivity contribution in [1.29, 1.82) is 0 Å². The number of hydrogen-bond donors (Lipinski definition) is 2. The van der Waals surface area contributed by atoms with E-state index >= 15 is 0 Å². The van der Waals surface area contributed by atoms with Crippen LogP contribution < -0.4 is 11.1 Å². The smallest absolute Gasteiger partial charge is 0.199 e. The van der Waals surface area contributed by atoms with Gasteiger partial charge in [-0.1, -0.05) is 65.8 Å². The number of anilines is 1. The molecule has 0 aliphatic carbocycles. The summed E-state index contributed by atoms with van der Waals surface area (Å²) in [4.78, 5) is 4.21. The largest absolute Gasteiger partial charge is 0.369 e. The van der Waals surface area contributed by atoms with Gasteiger partial charge in [0.1, 0.15) is 11.6 Å². The Morgan fingerprint density at radius 1 is 0.933 bits per heavy atom. The third-order valence-corrected chi connectivity index (χ3v) is 4.61. The van der Waals surface area contributed by atoms with Crippen LogP contribution in [-0.4, -0.2) is 11.1 Å². The molecule has 4 rings (SSSR count). The van der Waals surface area contributed by atoms with E-state index in [0.717, 1.165) is 16.8 Å². The van der Waals surface area contributed by atoms with Gasteiger partial charge in [-0.3, -0.25) is 0 Å². The van der Waals surface area contributed by atoms with Crippen LogP contribution in [0.3, 0.4) is 0 Å². The van der Waals surface area contributed by atoms with Gasteiger partial charge in [0.25, 0.3) is 0 Å². The van der Waals surface area contributed by atoms with E-state index in [-0.39, 0.29) is 11.8 Å². The Balaban J connectivity index is 1.37. The highest BCUT2D eigenvalue weighted by Gasteiger charge is 2.08. The Bertz CT molecular complexity index is 1140. The first-order valence-corrected chi connectivity index (χ1v) is 9.63. The lowest BCUT2D eigenvalue weighted by atomic mass is 10.0. The van der Waals surface area contributed by atoms with Gasteiger partial charge in [-0.15, -0.1) is 0 Å². The van der Waals surface area contributed by atoms with Gasteiger partial charge in [-0.25, -0.2) is 4.39 Å². The second-order valence-electron chi connectivity index (χ2n) is 6.82. The lowest BCUT2D eigenvalue weighted by molar-refractivity contribution is 0.385. The molecule has 30 heavy (non-hydrogen) atoms. The molecule has 3 aromatic carbocycles. The van der Waals surface area contributed by atoms with Crippen LogP contribution in [0.1, 0.15) is 11.3 Å². The molecule has 5 nitrogen and oxygen atoms in total. The van der Waals surface area contributed by atoms with Crippen molar-refractivity contribution in [2.75, 3.05) is 5.32 Å². The van der Waals surface area contributed by atoms with E-state index in [4.69, 9.17) is 10.3 Å². The predicted octanol–water partition coefficient (Wildman–Crippen LogP) is 5.32. The summed E-state index contributed by atoms with van der Waals surface area (Å²) in [7, 11) is 0. The molecular weight excluding hydrogens is 379 g/mol. The SMILES string of the molecule is NC(=Nc1cc(CCc2ccc(-c3ccccc3)c(F)c2)on1)Nc1ccccc1. The van der Waals surface area contributed by atoms with Crippen molar-refractivity contribution in [3.63, 3.8) is 0 Å². The zero-order valence-corrected chi connectivity index (χ0v) is 16.3. The number of rotatable bonds is 6. The summed E-state index contributed by atoms with van der Waals surface area (Å²) in [6.45, 7) is 0. The Morgan fingerprint density at radius 3 is 2.40 bits per heavy atom. The van der Waals surface area contributed by atoms with Crippen molar-refractivity contribution in [2.45, 2.75) is 12.8 Å². The van der Waals surface area contributed by atoms with Gasteiger partial charge in [-0.2, -0.15) is 4.99 Å². The van der Waals surface area contributed by atoms with Gasteiger partial charge in [-0.05, 0) is 35.7 Å². The summed E-state index contributed by atoms with van der Waals surface area (Å²) in [5.74, 6) is 1.03. The van der Waals surface area contributed by atoms with Crippen LogP contribution in [0.4, 0.5) is 15.9 Å². The van der Waals surface area contributed by atoms with Gasteiger partial charge in [0.2, 0.25) is 0 Å². The zero-order valence-electron chi connectivity index (χ0n) is 16.3. The molecule has 0 amide bonds. The van der Waals surface area contributed by atoms with Crippen LogP contribution in [-0.2, 0) is 12.8 Å². The zero-order chi connectivity index (χ0) is 20.8. The number of benzene rings is 3. The number of guanidine groups is 1. The number of para-hydroxylation sites is 1. The second-order valence-corrected chi connectivity index (χ2v) is 6.82. The minimum absolute atomic E-state index is 0.222. The second kappa shape index (κ2) is 9.05. The lowest BCUT2D eigenvalue weighted by Gasteiger charge is -2.06. The Kier molecular flexibility index (Phi) is 5.85. The first-order chi connectivity index (χ1) is 14.7. The molecule has 0 unspecified atom stereocenters. The number of aliphatic imine (C=N–C) groups is 1. The first kappa shape index (κ1) is 19.4.